The molecule has 0 heterocycles. The van der Waals surface area contributed by atoms with E-state index in [1.54, 1.807) is 19.2 Å². The summed E-state index contributed by atoms with van der Waals surface area (Å²) < 4.78 is 37.9. The minimum absolute atomic E-state index is 0.223. The van der Waals surface area contributed by atoms with Crippen LogP contribution >= 0.6 is 0 Å². The van der Waals surface area contributed by atoms with Gasteiger partial charge in [0.05, 0.1) is 5.56 Å². The summed E-state index contributed by atoms with van der Waals surface area (Å²) in [6, 6.07) is 5.98. The maximum absolute atomic E-state index is 12.6. The van der Waals surface area contributed by atoms with Gasteiger partial charge in [-0.05, 0) is 38.4 Å². The molecule has 1 rings (SSSR count). The summed E-state index contributed by atoms with van der Waals surface area (Å²) in [4.78, 5) is 0. The molecule has 90 valence electrons. The average Bonchev–Trinajstić information content (AvgIpc) is 2.25. The molecule has 0 aliphatic heterocycles. The van der Waals surface area contributed by atoms with Crippen molar-refractivity contribution in [1.29, 1.82) is 0 Å². The maximum atomic E-state index is 12.6. The van der Waals surface area contributed by atoms with Crippen LogP contribution in [-0.4, -0.2) is 13.1 Å². The minimum atomic E-state index is -4.25. The third-order valence-corrected chi connectivity index (χ3v) is 2.66. The van der Waals surface area contributed by atoms with Gasteiger partial charge in [-0.1, -0.05) is 18.2 Å². The van der Waals surface area contributed by atoms with Crippen molar-refractivity contribution in [1.82, 2.24) is 5.32 Å². The molecule has 0 bridgehead atoms. The van der Waals surface area contributed by atoms with Crippen LogP contribution in [0.5, 0.6) is 0 Å². The Morgan fingerprint density at radius 3 is 2.44 bits per heavy atom. The zero-order valence-corrected chi connectivity index (χ0v) is 9.43. The Morgan fingerprint density at radius 1 is 1.25 bits per heavy atom. The first-order valence-electron chi connectivity index (χ1n) is 5.27. The summed E-state index contributed by atoms with van der Waals surface area (Å²) in [7, 11) is 1.81. The summed E-state index contributed by atoms with van der Waals surface area (Å²) in [6.45, 7) is 1.95. The van der Waals surface area contributed by atoms with Gasteiger partial charge in [0, 0.05) is 6.04 Å². The van der Waals surface area contributed by atoms with Gasteiger partial charge in [0.2, 0.25) is 0 Å². The van der Waals surface area contributed by atoms with Crippen LogP contribution in [-0.2, 0) is 12.6 Å². The van der Waals surface area contributed by atoms with E-state index in [0.29, 0.717) is 18.4 Å². The van der Waals surface area contributed by atoms with Crippen LogP contribution in [0.2, 0.25) is 0 Å². The summed E-state index contributed by atoms with van der Waals surface area (Å²) in [6.07, 6.45) is -3.11. The fourth-order valence-corrected chi connectivity index (χ4v) is 1.53. The van der Waals surface area contributed by atoms with Crippen molar-refractivity contribution in [2.45, 2.75) is 32.0 Å². The molecule has 0 radical (unpaired) electrons. The molecule has 1 nitrogen and oxygen atoms in total. The normalized spacial score (nSPS) is 13.8. The minimum Gasteiger partial charge on any atom is -0.317 e. The summed E-state index contributed by atoms with van der Waals surface area (Å²) in [5.74, 6) is 0. The molecule has 1 aromatic carbocycles. The first-order valence-corrected chi connectivity index (χ1v) is 5.27. The van der Waals surface area contributed by atoms with E-state index in [4.69, 9.17) is 0 Å². The monoisotopic (exact) mass is 231 g/mol. The van der Waals surface area contributed by atoms with Crippen LogP contribution < -0.4 is 5.32 Å². The Kier molecular flexibility index (Phi) is 4.35. The highest BCUT2D eigenvalue weighted by Crippen LogP contribution is 2.32. The van der Waals surface area contributed by atoms with E-state index in [1.165, 1.54) is 6.07 Å². The van der Waals surface area contributed by atoms with Crippen molar-refractivity contribution in [3.05, 3.63) is 35.4 Å². The van der Waals surface area contributed by atoms with Gasteiger partial charge in [0.15, 0.2) is 0 Å². The molecule has 0 aliphatic carbocycles. The standard InChI is InChI=1S/C12H16F3N/c1-9(16-2)7-8-10-5-3-4-6-11(10)12(13,14)15/h3-6,9,16H,7-8H2,1-2H3. The first-order chi connectivity index (χ1) is 7.45. The molecule has 0 aromatic heterocycles. The molecule has 0 spiro atoms. The molecular weight excluding hydrogens is 215 g/mol. The van der Waals surface area contributed by atoms with Crippen LogP contribution in [0.1, 0.15) is 24.5 Å². The van der Waals surface area contributed by atoms with E-state index >= 15 is 0 Å². The van der Waals surface area contributed by atoms with Gasteiger partial charge < -0.3 is 5.32 Å². The van der Waals surface area contributed by atoms with Gasteiger partial charge in [-0.3, -0.25) is 0 Å². The fraction of sp³-hybridized carbons (Fsp3) is 0.500. The Labute approximate surface area is 93.7 Å². The topological polar surface area (TPSA) is 12.0 Å². The number of aryl methyl sites for hydroxylation is 1. The highest BCUT2D eigenvalue weighted by atomic mass is 19.4. The van der Waals surface area contributed by atoms with E-state index in [2.05, 4.69) is 5.32 Å². The van der Waals surface area contributed by atoms with Gasteiger partial charge in [0.1, 0.15) is 0 Å². The van der Waals surface area contributed by atoms with Gasteiger partial charge in [-0.25, -0.2) is 0 Å². The Balaban J connectivity index is 2.80. The van der Waals surface area contributed by atoms with Crippen molar-refractivity contribution in [2.75, 3.05) is 7.05 Å². The highest BCUT2D eigenvalue weighted by molar-refractivity contribution is 5.29. The Morgan fingerprint density at radius 2 is 1.88 bits per heavy atom. The lowest BCUT2D eigenvalue weighted by molar-refractivity contribution is -0.138. The van der Waals surface area contributed by atoms with Crippen LogP contribution in [0.4, 0.5) is 13.2 Å². The SMILES string of the molecule is CNC(C)CCc1ccccc1C(F)(F)F. The second-order valence-electron chi connectivity index (χ2n) is 3.88. The number of hydrogen-bond acceptors (Lipinski definition) is 1. The number of halogens is 3. The summed E-state index contributed by atoms with van der Waals surface area (Å²) in [5.41, 5.74) is -0.143. The zero-order valence-electron chi connectivity index (χ0n) is 9.43. The van der Waals surface area contributed by atoms with Crippen LogP contribution in [0.3, 0.4) is 0 Å². The van der Waals surface area contributed by atoms with Gasteiger partial charge in [-0.15, -0.1) is 0 Å². The van der Waals surface area contributed by atoms with Crippen LogP contribution in [0.15, 0.2) is 24.3 Å². The second kappa shape index (κ2) is 5.34. The molecule has 4 heteroatoms. The van der Waals surface area contributed by atoms with E-state index in [0.717, 1.165) is 6.07 Å². The molecular formula is C12H16F3N. The van der Waals surface area contributed by atoms with Gasteiger partial charge in [-0.2, -0.15) is 13.2 Å². The quantitative estimate of drug-likeness (QED) is 0.838. The van der Waals surface area contributed by atoms with E-state index in [-0.39, 0.29) is 6.04 Å². The number of alkyl halides is 3. The summed E-state index contributed by atoms with van der Waals surface area (Å²) >= 11 is 0. The van der Waals surface area contributed by atoms with Gasteiger partial charge in [0.25, 0.3) is 0 Å². The molecule has 1 N–H and O–H groups in total. The Bertz CT molecular complexity index is 333. The molecule has 0 amide bonds. The molecule has 0 saturated heterocycles. The maximum Gasteiger partial charge on any atom is 0.416 e. The lowest BCUT2D eigenvalue weighted by Crippen LogP contribution is -2.22. The second-order valence-corrected chi connectivity index (χ2v) is 3.88. The van der Waals surface area contributed by atoms with Crippen molar-refractivity contribution in [2.24, 2.45) is 0 Å². The molecule has 16 heavy (non-hydrogen) atoms. The van der Waals surface area contributed by atoms with E-state index in [1.807, 2.05) is 6.92 Å². The highest BCUT2D eigenvalue weighted by Gasteiger charge is 2.32. The van der Waals surface area contributed by atoms with Crippen molar-refractivity contribution >= 4 is 0 Å². The average molecular weight is 231 g/mol. The lowest BCUT2D eigenvalue weighted by Gasteiger charge is -2.14. The number of hydrogen-bond donors (Lipinski definition) is 1. The predicted octanol–water partition coefficient (Wildman–Crippen LogP) is 3.25. The number of nitrogens with one attached hydrogen (secondary N) is 1. The van der Waals surface area contributed by atoms with Gasteiger partial charge >= 0.3 is 6.18 Å². The molecule has 0 aliphatic rings. The third-order valence-electron chi connectivity index (χ3n) is 2.66. The van der Waals surface area contributed by atoms with E-state index in [9.17, 15) is 13.2 Å². The molecule has 0 fully saturated rings. The number of benzene rings is 1. The smallest absolute Gasteiger partial charge is 0.317 e. The Hall–Kier alpha value is -1.03. The number of rotatable bonds is 4. The third kappa shape index (κ3) is 3.52. The largest absolute Gasteiger partial charge is 0.416 e. The first kappa shape index (κ1) is 13.0. The van der Waals surface area contributed by atoms with Crippen molar-refractivity contribution in [3.63, 3.8) is 0 Å². The summed E-state index contributed by atoms with van der Waals surface area (Å²) in [5, 5.41) is 3.01. The van der Waals surface area contributed by atoms with Crippen molar-refractivity contribution in [3.8, 4) is 0 Å². The lowest BCUT2D eigenvalue weighted by atomic mass is 10.0. The van der Waals surface area contributed by atoms with Crippen LogP contribution in [0.25, 0.3) is 0 Å². The molecule has 0 saturated carbocycles. The predicted molar refractivity (Wildman–Crippen MR) is 58.3 cm³/mol. The molecule has 1 atom stereocenters. The van der Waals surface area contributed by atoms with Crippen LogP contribution in [0, 0.1) is 0 Å². The zero-order chi connectivity index (χ0) is 12.2. The molecule has 1 aromatic rings. The van der Waals surface area contributed by atoms with Crippen molar-refractivity contribution < 1.29 is 13.2 Å². The molecule has 1 unspecified atom stereocenters. The van der Waals surface area contributed by atoms with E-state index < -0.39 is 11.7 Å². The fourth-order valence-electron chi connectivity index (χ4n) is 1.53.